The fourth-order valence-electron chi connectivity index (χ4n) is 1.57. The van der Waals surface area contributed by atoms with Crippen molar-refractivity contribution in [3.8, 4) is 0 Å². The SMILES string of the molecule is CC(C)NC(=O)CNc1nc2c(N)cccc2o1. The molecule has 2 aromatic rings. The van der Waals surface area contributed by atoms with Crippen LogP contribution in [0.5, 0.6) is 0 Å². The Labute approximate surface area is 105 Å². The first kappa shape index (κ1) is 12.2. The van der Waals surface area contributed by atoms with E-state index in [1.165, 1.54) is 0 Å². The third-order valence-electron chi connectivity index (χ3n) is 2.30. The van der Waals surface area contributed by atoms with Crippen LogP contribution >= 0.6 is 0 Å². The molecule has 96 valence electrons. The van der Waals surface area contributed by atoms with Gasteiger partial charge in [0.25, 0.3) is 6.01 Å². The maximum Gasteiger partial charge on any atom is 0.296 e. The van der Waals surface area contributed by atoms with E-state index in [1.807, 2.05) is 13.8 Å². The lowest BCUT2D eigenvalue weighted by molar-refractivity contribution is -0.119. The number of nitrogen functional groups attached to an aromatic ring is 1. The summed E-state index contributed by atoms with van der Waals surface area (Å²) in [4.78, 5) is 15.6. The van der Waals surface area contributed by atoms with Gasteiger partial charge in [0.05, 0.1) is 12.2 Å². The zero-order chi connectivity index (χ0) is 13.1. The Hall–Kier alpha value is -2.24. The Balaban J connectivity index is 2.04. The number of nitrogens with zero attached hydrogens (tertiary/aromatic N) is 1. The molecule has 4 N–H and O–H groups in total. The molecule has 0 spiro atoms. The normalized spacial score (nSPS) is 10.8. The minimum atomic E-state index is -0.111. The number of anilines is 2. The number of benzene rings is 1. The van der Waals surface area contributed by atoms with Crippen molar-refractivity contribution in [2.45, 2.75) is 19.9 Å². The smallest absolute Gasteiger partial charge is 0.296 e. The topological polar surface area (TPSA) is 93.2 Å². The number of aromatic nitrogens is 1. The highest BCUT2D eigenvalue weighted by Crippen LogP contribution is 2.23. The van der Waals surface area contributed by atoms with Crippen LogP contribution in [-0.4, -0.2) is 23.5 Å². The van der Waals surface area contributed by atoms with Gasteiger partial charge in [0, 0.05) is 6.04 Å². The molecule has 0 fully saturated rings. The standard InChI is InChI=1S/C12H16N4O2/c1-7(2)15-10(17)6-14-12-16-11-8(13)4-3-5-9(11)18-12/h3-5,7H,6,13H2,1-2H3,(H,14,16)(H,15,17). The number of nitrogens with one attached hydrogen (secondary N) is 2. The summed E-state index contributed by atoms with van der Waals surface area (Å²) in [7, 11) is 0. The zero-order valence-corrected chi connectivity index (χ0v) is 10.4. The van der Waals surface area contributed by atoms with Crippen LogP contribution in [0.1, 0.15) is 13.8 Å². The molecular formula is C12H16N4O2. The number of carbonyl (C=O) groups excluding carboxylic acids is 1. The van der Waals surface area contributed by atoms with E-state index >= 15 is 0 Å². The van der Waals surface area contributed by atoms with E-state index in [2.05, 4.69) is 15.6 Å². The highest BCUT2D eigenvalue weighted by Gasteiger charge is 2.09. The average Bonchev–Trinajstić information content (AvgIpc) is 2.70. The van der Waals surface area contributed by atoms with Crippen molar-refractivity contribution < 1.29 is 9.21 Å². The van der Waals surface area contributed by atoms with Gasteiger partial charge in [-0.2, -0.15) is 4.98 Å². The van der Waals surface area contributed by atoms with Crippen molar-refractivity contribution in [1.29, 1.82) is 0 Å². The number of nitrogens with two attached hydrogens (primary N) is 1. The highest BCUT2D eigenvalue weighted by molar-refractivity contribution is 5.87. The predicted octanol–water partition coefficient (Wildman–Crippen LogP) is 1.35. The molecule has 0 saturated carbocycles. The molecule has 0 unspecified atom stereocenters. The van der Waals surface area contributed by atoms with Crippen molar-refractivity contribution >= 4 is 28.7 Å². The third kappa shape index (κ3) is 2.71. The lowest BCUT2D eigenvalue weighted by Crippen LogP contribution is -2.34. The van der Waals surface area contributed by atoms with Crippen LogP contribution in [-0.2, 0) is 4.79 Å². The van der Waals surface area contributed by atoms with Crippen LogP contribution in [0.25, 0.3) is 11.1 Å². The molecule has 18 heavy (non-hydrogen) atoms. The van der Waals surface area contributed by atoms with E-state index in [0.29, 0.717) is 22.8 Å². The molecule has 1 aromatic carbocycles. The number of carbonyl (C=O) groups is 1. The Bertz CT molecular complexity index is 562. The van der Waals surface area contributed by atoms with Crippen molar-refractivity contribution in [3.63, 3.8) is 0 Å². The van der Waals surface area contributed by atoms with Crippen LogP contribution < -0.4 is 16.4 Å². The summed E-state index contributed by atoms with van der Waals surface area (Å²) >= 11 is 0. The molecule has 0 aliphatic heterocycles. The molecule has 6 heteroatoms. The van der Waals surface area contributed by atoms with Gasteiger partial charge in [0.15, 0.2) is 5.58 Å². The van der Waals surface area contributed by atoms with Gasteiger partial charge in [-0.1, -0.05) is 6.07 Å². The summed E-state index contributed by atoms with van der Waals surface area (Å²) in [6.07, 6.45) is 0. The second-order valence-electron chi connectivity index (χ2n) is 4.29. The van der Waals surface area contributed by atoms with Crippen LogP contribution in [0.4, 0.5) is 11.7 Å². The lowest BCUT2D eigenvalue weighted by Gasteiger charge is -2.07. The largest absolute Gasteiger partial charge is 0.423 e. The summed E-state index contributed by atoms with van der Waals surface area (Å²) in [6, 6.07) is 5.72. The number of hydrogen-bond donors (Lipinski definition) is 3. The van der Waals surface area contributed by atoms with Crippen LogP contribution in [0.2, 0.25) is 0 Å². The number of hydrogen-bond acceptors (Lipinski definition) is 5. The number of oxazole rings is 1. The molecule has 1 heterocycles. The Morgan fingerprint density at radius 2 is 2.28 bits per heavy atom. The maximum atomic E-state index is 11.4. The fourth-order valence-corrected chi connectivity index (χ4v) is 1.57. The van der Waals surface area contributed by atoms with E-state index in [4.69, 9.17) is 10.2 Å². The Kier molecular flexibility index (Phi) is 3.36. The number of amides is 1. The summed E-state index contributed by atoms with van der Waals surface area (Å²) in [5.74, 6) is -0.111. The third-order valence-corrected chi connectivity index (χ3v) is 2.30. The van der Waals surface area contributed by atoms with Crippen molar-refractivity contribution in [2.75, 3.05) is 17.6 Å². The second-order valence-corrected chi connectivity index (χ2v) is 4.29. The first-order chi connectivity index (χ1) is 8.56. The molecule has 0 bridgehead atoms. The minimum Gasteiger partial charge on any atom is -0.423 e. The maximum absolute atomic E-state index is 11.4. The van der Waals surface area contributed by atoms with E-state index in [9.17, 15) is 4.79 Å². The summed E-state index contributed by atoms with van der Waals surface area (Å²) in [6.45, 7) is 3.92. The molecular weight excluding hydrogens is 232 g/mol. The van der Waals surface area contributed by atoms with E-state index < -0.39 is 0 Å². The number of rotatable bonds is 4. The lowest BCUT2D eigenvalue weighted by atomic mass is 10.3. The first-order valence-electron chi connectivity index (χ1n) is 5.74. The van der Waals surface area contributed by atoms with Crippen LogP contribution in [0.15, 0.2) is 22.6 Å². The summed E-state index contributed by atoms with van der Waals surface area (Å²) in [5.41, 5.74) is 7.51. The molecule has 0 aliphatic rings. The number of fused-ring (bicyclic) bond motifs is 1. The van der Waals surface area contributed by atoms with Gasteiger partial charge in [-0.05, 0) is 26.0 Å². The highest BCUT2D eigenvalue weighted by atomic mass is 16.4. The van der Waals surface area contributed by atoms with Gasteiger partial charge >= 0.3 is 0 Å². The van der Waals surface area contributed by atoms with Crippen LogP contribution in [0.3, 0.4) is 0 Å². The van der Waals surface area contributed by atoms with Crippen LogP contribution in [0, 0.1) is 0 Å². The van der Waals surface area contributed by atoms with E-state index in [0.717, 1.165) is 0 Å². The first-order valence-corrected chi connectivity index (χ1v) is 5.74. The van der Waals surface area contributed by atoms with Gasteiger partial charge in [0.2, 0.25) is 5.91 Å². The quantitative estimate of drug-likeness (QED) is 0.710. The molecule has 0 saturated heterocycles. The summed E-state index contributed by atoms with van der Waals surface area (Å²) < 4.78 is 5.42. The van der Waals surface area contributed by atoms with Gasteiger partial charge in [-0.25, -0.2) is 0 Å². The van der Waals surface area contributed by atoms with E-state index in [-0.39, 0.29) is 18.5 Å². The predicted molar refractivity (Wildman–Crippen MR) is 70.2 cm³/mol. The van der Waals surface area contributed by atoms with Crippen molar-refractivity contribution in [3.05, 3.63) is 18.2 Å². The molecule has 1 aromatic heterocycles. The van der Waals surface area contributed by atoms with Gasteiger partial charge < -0.3 is 20.8 Å². The fraction of sp³-hybridized carbons (Fsp3) is 0.333. The monoisotopic (exact) mass is 248 g/mol. The summed E-state index contributed by atoms with van der Waals surface area (Å²) in [5, 5.41) is 5.58. The van der Waals surface area contributed by atoms with Crippen molar-refractivity contribution in [1.82, 2.24) is 10.3 Å². The number of para-hydroxylation sites is 1. The van der Waals surface area contributed by atoms with Crippen molar-refractivity contribution in [2.24, 2.45) is 0 Å². The van der Waals surface area contributed by atoms with E-state index in [1.54, 1.807) is 18.2 Å². The molecule has 6 nitrogen and oxygen atoms in total. The molecule has 0 radical (unpaired) electrons. The molecule has 1 amide bonds. The van der Waals surface area contributed by atoms with Gasteiger partial charge in [0.1, 0.15) is 5.52 Å². The molecule has 0 aliphatic carbocycles. The zero-order valence-electron chi connectivity index (χ0n) is 10.4. The molecule has 2 rings (SSSR count). The van der Waals surface area contributed by atoms with Gasteiger partial charge in [-0.15, -0.1) is 0 Å². The Morgan fingerprint density at radius 3 is 2.94 bits per heavy atom. The minimum absolute atomic E-state index is 0.110. The molecule has 0 atom stereocenters. The second kappa shape index (κ2) is 4.95. The van der Waals surface area contributed by atoms with Gasteiger partial charge in [-0.3, -0.25) is 4.79 Å². The average molecular weight is 248 g/mol. The Morgan fingerprint density at radius 1 is 1.50 bits per heavy atom.